The summed E-state index contributed by atoms with van der Waals surface area (Å²) < 4.78 is 2.64. The summed E-state index contributed by atoms with van der Waals surface area (Å²) in [7, 11) is 0. The normalized spacial score (nSPS) is 11.9. The molecule has 0 aliphatic rings. The van der Waals surface area contributed by atoms with E-state index in [4.69, 9.17) is 9.97 Å². The van der Waals surface area contributed by atoms with Gasteiger partial charge >= 0.3 is 0 Å². The molecule has 0 unspecified atom stereocenters. The van der Waals surface area contributed by atoms with Crippen molar-refractivity contribution in [3.63, 3.8) is 0 Å². The first-order chi connectivity index (χ1) is 15.8. The van der Waals surface area contributed by atoms with E-state index >= 15 is 0 Å². The van der Waals surface area contributed by atoms with E-state index in [1.165, 1.54) is 118 Å². The Morgan fingerprint density at radius 1 is 0.531 bits per heavy atom. The molecule has 2 aromatic carbocycles. The molecule has 4 aromatic rings. The minimum absolute atomic E-state index is 1.13. The molecule has 0 spiro atoms. The van der Waals surface area contributed by atoms with Gasteiger partial charge in [-0.3, -0.25) is 0 Å². The number of hydrogen-bond acceptors (Lipinski definition) is 4. The summed E-state index contributed by atoms with van der Waals surface area (Å²) in [5.41, 5.74) is 2.33. The lowest BCUT2D eigenvalue weighted by atomic mass is 10.1. The molecule has 172 valence electrons. The second-order valence-electron chi connectivity index (χ2n) is 9.24. The van der Waals surface area contributed by atoms with Gasteiger partial charge in [0, 0.05) is 0 Å². The molecule has 0 aliphatic heterocycles. The first kappa shape index (κ1) is 23.6. The number of unbranched alkanes of at least 4 members (excludes halogenated alkanes) is 10. The van der Waals surface area contributed by atoms with Gasteiger partial charge in [0.25, 0.3) is 0 Å². The lowest BCUT2D eigenvalue weighted by molar-refractivity contribution is 0.607. The van der Waals surface area contributed by atoms with Crippen molar-refractivity contribution < 1.29 is 0 Å². The summed E-state index contributed by atoms with van der Waals surface area (Å²) in [4.78, 5) is 9.92. The summed E-state index contributed by atoms with van der Waals surface area (Å²) in [5, 5.41) is 5.20. The Morgan fingerprint density at radius 3 is 1.38 bits per heavy atom. The topological polar surface area (TPSA) is 25.8 Å². The molecule has 2 nitrogen and oxygen atoms in total. The van der Waals surface area contributed by atoms with E-state index in [-0.39, 0.29) is 0 Å². The average Bonchev–Trinajstić information content (AvgIpc) is 3.37. The Labute approximate surface area is 201 Å². The van der Waals surface area contributed by atoms with Crippen molar-refractivity contribution in [1.29, 1.82) is 0 Å². The van der Waals surface area contributed by atoms with Gasteiger partial charge in [-0.25, -0.2) is 9.97 Å². The monoisotopic (exact) mass is 466 g/mol. The van der Waals surface area contributed by atoms with Crippen LogP contribution < -0.4 is 0 Å². The van der Waals surface area contributed by atoms with Crippen molar-refractivity contribution in [2.24, 2.45) is 0 Å². The van der Waals surface area contributed by atoms with Crippen LogP contribution in [-0.4, -0.2) is 9.97 Å². The standard InChI is InChI=1S/C28H38N2S2/c1-3-5-7-9-11-13-15-27-29-23-17-21-20-26-24(18-22(21)19-25(23)31-27)30-28(32-26)16-14-12-10-8-6-4-2/h17-20H,3-16H2,1-2H3. The van der Waals surface area contributed by atoms with Crippen LogP contribution in [0.5, 0.6) is 0 Å². The first-order valence-corrected chi connectivity index (χ1v) is 14.5. The molecule has 2 heterocycles. The van der Waals surface area contributed by atoms with Crippen molar-refractivity contribution in [2.75, 3.05) is 0 Å². The zero-order chi connectivity index (χ0) is 22.2. The maximum absolute atomic E-state index is 4.96. The summed E-state index contributed by atoms with van der Waals surface area (Å²) >= 11 is 3.76. The summed E-state index contributed by atoms with van der Waals surface area (Å²) in [6.45, 7) is 4.56. The van der Waals surface area contributed by atoms with E-state index in [1.54, 1.807) is 0 Å². The highest BCUT2D eigenvalue weighted by atomic mass is 32.1. The second-order valence-corrected chi connectivity index (χ2v) is 11.5. The Bertz CT molecular complexity index is 969. The second kappa shape index (κ2) is 12.1. The van der Waals surface area contributed by atoms with Gasteiger partial charge in [-0.15, -0.1) is 22.7 Å². The van der Waals surface area contributed by atoms with Crippen molar-refractivity contribution in [3.05, 3.63) is 34.3 Å². The molecule has 0 fully saturated rings. The third-order valence-corrected chi connectivity index (χ3v) is 8.59. The Morgan fingerprint density at radius 2 is 0.938 bits per heavy atom. The number of aromatic nitrogens is 2. The molecule has 4 rings (SSSR count). The maximum atomic E-state index is 4.96. The van der Waals surface area contributed by atoms with Crippen molar-refractivity contribution in [3.8, 4) is 0 Å². The fraction of sp³-hybridized carbons (Fsp3) is 0.571. The Kier molecular flexibility index (Phi) is 8.93. The lowest BCUT2D eigenvalue weighted by Gasteiger charge is -1.98. The number of thiazole rings is 2. The van der Waals surface area contributed by atoms with Crippen LogP contribution >= 0.6 is 22.7 Å². The van der Waals surface area contributed by atoms with Gasteiger partial charge in [-0.05, 0) is 60.7 Å². The van der Waals surface area contributed by atoms with Gasteiger partial charge in [0.15, 0.2) is 0 Å². The van der Waals surface area contributed by atoms with Gasteiger partial charge in [0.1, 0.15) is 0 Å². The van der Waals surface area contributed by atoms with Gasteiger partial charge in [0.05, 0.1) is 30.4 Å². The van der Waals surface area contributed by atoms with E-state index in [1.807, 2.05) is 22.7 Å². The number of nitrogens with zero attached hydrogens (tertiary/aromatic N) is 2. The smallest absolute Gasteiger partial charge is 0.0938 e. The summed E-state index contributed by atoms with van der Waals surface area (Å²) in [5.74, 6) is 0. The molecule has 0 saturated heterocycles. The van der Waals surface area contributed by atoms with E-state index in [9.17, 15) is 0 Å². The predicted molar refractivity (Wildman–Crippen MR) is 144 cm³/mol. The maximum Gasteiger partial charge on any atom is 0.0938 e. The van der Waals surface area contributed by atoms with Crippen molar-refractivity contribution in [1.82, 2.24) is 9.97 Å². The summed E-state index contributed by atoms with van der Waals surface area (Å²) in [6.07, 6.45) is 18.3. The number of hydrogen-bond donors (Lipinski definition) is 0. The van der Waals surface area contributed by atoms with E-state index < -0.39 is 0 Å². The quantitative estimate of drug-likeness (QED) is 0.173. The highest BCUT2D eigenvalue weighted by Gasteiger charge is 2.10. The summed E-state index contributed by atoms with van der Waals surface area (Å²) in [6, 6.07) is 9.25. The van der Waals surface area contributed by atoms with Crippen molar-refractivity contribution >= 4 is 53.9 Å². The van der Waals surface area contributed by atoms with Crippen LogP contribution in [0.1, 0.15) is 101 Å². The predicted octanol–water partition coefficient (Wildman–Crippen LogP) is 9.87. The fourth-order valence-electron chi connectivity index (χ4n) is 4.52. The van der Waals surface area contributed by atoms with Gasteiger partial charge in [-0.2, -0.15) is 0 Å². The molecule has 0 N–H and O–H groups in total. The van der Waals surface area contributed by atoms with Crippen LogP contribution in [0.25, 0.3) is 31.2 Å². The van der Waals surface area contributed by atoms with Crippen LogP contribution in [-0.2, 0) is 12.8 Å². The molecule has 0 saturated carbocycles. The molecule has 0 atom stereocenters. The highest BCUT2D eigenvalue weighted by molar-refractivity contribution is 7.19. The van der Waals surface area contributed by atoms with Crippen LogP contribution in [0.4, 0.5) is 0 Å². The molecular weight excluding hydrogens is 428 g/mol. The van der Waals surface area contributed by atoms with Crippen LogP contribution in [0, 0.1) is 0 Å². The zero-order valence-corrected chi connectivity index (χ0v) is 21.6. The zero-order valence-electron chi connectivity index (χ0n) is 19.9. The minimum Gasteiger partial charge on any atom is -0.241 e. The third-order valence-electron chi connectivity index (χ3n) is 6.43. The van der Waals surface area contributed by atoms with Crippen LogP contribution in [0.15, 0.2) is 24.3 Å². The molecule has 0 bridgehead atoms. The van der Waals surface area contributed by atoms with Gasteiger partial charge in [-0.1, -0.05) is 78.1 Å². The molecular formula is C28H38N2S2. The van der Waals surface area contributed by atoms with E-state index in [0.29, 0.717) is 0 Å². The third kappa shape index (κ3) is 6.29. The van der Waals surface area contributed by atoms with Gasteiger partial charge in [0.2, 0.25) is 0 Å². The number of fused-ring (bicyclic) bond motifs is 3. The van der Waals surface area contributed by atoms with Crippen LogP contribution in [0.2, 0.25) is 0 Å². The first-order valence-electron chi connectivity index (χ1n) is 12.9. The van der Waals surface area contributed by atoms with E-state index in [2.05, 4.69) is 38.1 Å². The minimum atomic E-state index is 1.13. The Balaban J connectivity index is 1.40. The number of rotatable bonds is 14. The molecule has 0 amide bonds. The average molecular weight is 467 g/mol. The van der Waals surface area contributed by atoms with Crippen molar-refractivity contribution in [2.45, 2.75) is 104 Å². The highest BCUT2D eigenvalue weighted by Crippen LogP contribution is 2.33. The lowest BCUT2D eigenvalue weighted by Crippen LogP contribution is -1.85. The molecule has 32 heavy (non-hydrogen) atoms. The van der Waals surface area contributed by atoms with Gasteiger partial charge < -0.3 is 0 Å². The van der Waals surface area contributed by atoms with E-state index in [0.717, 1.165) is 12.8 Å². The number of aryl methyl sites for hydroxylation is 2. The Hall–Kier alpha value is -1.52. The molecule has 0 aliphatic carbocycles. The molecule has 0 radical (unpaired) electrons. The fourth-order valence-corrected chi connectivity index (χ4v) is 6.60. The SMILES string of the molecule is CCCCCCCCc1nc2cc3cc4sc(CCCCCCCC)nc4cc3cc2s1. The number of benzene rings is 2. The molecule has 4 heteroatoms. The molecule has 2 aromatic heterocycles. The van der Waals surface area contributed by atoms with Crippen LogP contribution in [0.3, 0.4) is 0 Å². The largest absolute Gasteiger partial charge is 0.241 e.